The van der Waals surface area contributed by atoms with E-state index in [0.717, 1.165) is 29.8 Å². The largest absolute Gasteiger partial charge is 0.424 e. The number of aromatic nitrogens is 2. The average Bonchev–Trinajstić information content (AvgIpc) is 3.37. The second kappa shape index (κ2) is 6.18. The fraction of sp³-hybridized carbons (Fsp3) is 0.286. The van der Waals surface area contributed by atoms with E-state index in [2.05, 4.69) is 51.0 Å². The smallest absolute Gasteiger partial charge is 0.292 e. The molecule has 5 rings (SSSR count). The molecule has 0 aliphatic carbocycles. The minimum atomic E-state index is 0.212. The second-order valence-corrected chi connectivity index (χ2v) is 7.03. The molecule has 3 heterocycles. The van der Waals surface area contributed by atoms with Gasteiger partial charge in [0.15, 0.2) is 5.58 Å². The zero-order chi connectivity index (χ0) is 17.5. The molecule has 5 nitrogen and oxygen atoms in total. The van der Waals surface area contributed by atoms with Crippen molar-refractivity contribution in [3.63, 3.8) is 0 Å². The summed E-state index contributed by atoms with van der Waals surface area (Å²) in [4.78, 5) is 6.81. The highest BCUT2D eigenvalue weighted by atomic mass is 16.4. The van der Waals surface area contributed by atoms with E-state index in [9.17, 15) is 0 Å². The molecule has 0 unspecified atom stereocenters. The zero-order valence-electron chi connectivity index (χ0n) is 14.7. The Kier molecular flexibility index (Phi) is 3.68. The zero-order valence-corrected chi connectivity index (χ0v) is 14.7. The lowest BCUT2D eigenvalue weighted by atomic mass is 10.0. The SMILES string of the molecule is Nc1nc2cc(-c3cccc4c3ccn4CCN3CCCC3)ccc2o1. The molecule has 0 spiro atoms. The first-order valence-electron chi connectivity index (χ1n) is 9.24. The van der Waals surface area contributed by atoms with Crippen LogP contribution >= 0.6 is 0 Å². The fourth-order valence-corrected chi connectivity index (χ4v) is 4.04. The number of anilines is 1. The monoisotopic (exact) mass is 346 g/mol. The minimum absolute atomic E-state index is 0.212. The van der Waals surface area contributed by atoms with Crippen LogP contribution in [0.4, 0.5) is 6.01 Å². The lowest BCUT2D eigenvalue weighted by Gasteiger charge is -2.15. The van der Waals surface area contributed by atoms with Crippen molar-refractivity contribution in [2.45, 2.75) is 19.4 Å². The van der Waals surface area contributed by atoms with Crippen LogP contribution in [0.25, 0.3) is 33.1 Å². The van der Waals surface area contributed by atoms with Crippen molar-refractivity contribution >= 4 is 28.0 Å². The van der Waals surface area contributed by atoms with Gasteiger partial charge in [0, 0.05) is 30.2 Å². The molecule has 0 saturated carbocycles. The predicted octanol–water partition coefficient (Wildman–Crippen LogP) is 4.13. The summed E-state index contributed by atoms with van der Waals surface area (Å²) in [5.74, 6) is 0. The number of rotatable bonds is 4. The third-order valence-electron chi connectivity index (χ3n) is 5.38. The molecule has 2 N–H and O–H groups in total. The van der Waals surface area contributed by atoms with Crippen LogP contribution < -0.4 is 5.73 Å². The number of likely N-dealkylation sites (tertiary alicyclic amines) is 1. The molecular weight excluding hydrogens is 324 g/mol. The Hall–Kier alpha value is -2.79. The van der Waals surface area contributed by atoms with E-state index in [1.54, 1.807) is 0 Å². The van der Waals surface area contributed by atoms with E-state index in [4.69, 9.17) is 10.2 Å². The molecule has 1 fully saturated rings. The molecule has 132 valence electrons. The highest BCUT2D eigenvalue weighted by Gasteiger charge is 2.13. The van der Waals surface area contributed by atoms with E-state index in [1.165, 1.54) is 42.4 Å². The highest BCUT2D eigenvalue weighted by molar-refractivity contribution is 5.97. The first-order chi connectivity index (χ1) is 12.8. The van der Waals surface area contributed by atoms with Crippen LogP contribution in [0.3, 0.4) is 0 Å². The van der Waals surface area contributed by atoms with Crippen LogP contribution in [0, 0.1) is 0 Å². The standard InChI is InChI=1S/C21H22N4O/c22-21-23-18-14-15(6-7-20(18)26-21)16-4-3-5-19-17(16)8-11-25(19)13-12-24-9-1-2-10-24/h3-8,11,14H,1-2,9-10,12-13H2,(H2,22,23). The van der Waals surface area contributed by atoms with E-state index in [0.29, 0.717) is 0 Å². The van der Waals surface area contributed by atoms with E-state index in [-0.39, 0.29) is 6.01 Å². The molecule has 1 saturated heterocycles. The molecule has 1 aliphatic rings. The Balaban J connectivity index is 1.51. The fourth-order valence-electron chi connectivity index (χ4n) is 4.04. The highest BCUT2D eigenvalue weighted by Crippen LogP contribution is 2.31. The summed E-state index contributed by atoms with van der Waals surface area (Å²) in [6, 6.07) is 15.0. The molecule has 5 heteroatoms. The van der Waals surface area contributed by atoms with E-state index in [1.807, 2.05) is 12.1 Å². The Bertz CT molecular complexity index is 1070. The van der Waals surface area contributed by atoms with Crippen molar-refractivity contribution in [3.8, 4) is 11.1 Å². The number of oxazole rings is 1. The van der Waals surface area contributed by atoms with Gasteiger partial charge in [-0.3, -0.25) is 0 Å². The second-order valence-electron chi connectivity index (χ2n) is 7.03. The maximum absolute atomic E-state index is 5.67. The van der Waals surface area contributed by atoms with E-state index < -0.39 is 0 Å². The number of fused-ring (bicyclic) bond motifs is 2. The number of nitrogens with zero attached hydrogens (tertiary/aromatic N) is 3. The Morgan fingerprint density at radius 1 is 1.04 bits per heavy atom. The molecule has 0 radical (unpaired) electrons. The molecule has 2 aromatic carbocycles. The van der Waals surface area contributed by atoms with Crippen LogP contribution in [0.5, 0.6) is 0 Å². The van der Waals surface area contributed by atoms with Gasteiger partial charge in [-0.05, 0) is 61.3 Å². The summed E-state index contributed by atoms with van der Waals surface area (Å²) in [7, 11) is 0. The topological polar surface area (TPSA) is 60.2 Å². The van der Waals surface area contributed by atoms with Crippen LogP contribution in [0.2, 0.25) is 0 Å². The Morgan fingerprint density at radius 2 is 1.92 bits per heavy atom. The Morgan fingerprint density at radius 3 is 2.81 bits per heavy atom. The molecule has 2 aromatic heterocycles. The van der Waals surface area contributed by atoms with Crippen molar-refractivity contribution in [3.05, 3.63) is 48.7 Å². The molecular formula is C21H22N4O. The van der Waals surface area contributed by atoms with Crippen molar-refractivity contribution in [1.82, 2.24) is 14.5 Å². The van der Waals surface area contributed by atoms with Gasteiger partial charge >= 0.3 is 0 Å². The number of hydrogen-bond donors (Lipinski definition) is 1. The summed E-state index contributed by atoms with van der Waals surface area (Å²) in [5, 5.41) is 1.27. The molecule has 4 aromatic rings. The van der Waals surface area contributed by atoms with Gasteiger partial charge in [-0.1, -0.05) is 18.2 Å². The third-order valence-corrected chi connectivity index (χ3v) is 5.38. The average molecular weight is 346 g/mol. The summed E-state index contributed by atoms with van der Waals surface area (Å²) in [5.41, 5.74) is 10.8. The number of hydrogen-bond acceptors (Lipinski definition) is 4. The van der Waals surface area contributed by atoms with Crippen molar-refractivity contribution in [1.29, 1.82) is 0 Å². The van der Waals surface area contributed by atoms with Crippen molar-refractivity contribution in [2.24, 2.45) is 0 Å². The lowest BCUT2D eigenvalue weighted by Crippen LogP contribution is -2.23. The number of nitrogen functional groups attached to an aromatic ring is 1. The van der Waals surface area contributed by atoms with Gasteiger partial charge in [0.2, 0.25) is 0 Å². The summed E-state index contributed by atoms with van der Waals surface area (Å²) in [6.45, 7) is 4.64. The van der Waals surface area contributed by atoms with Crippen molar-refractivity contribution < 1.29 is 4.42 Å². The molecule has 0 atom stereocenters. The maximum atomic E-state index is 5.67. The van der Waals surface area contributed by atoms with Gasteiger partial charge in [-0.2, -0.15) is 4.98 Å². The third kappa shape index (κ3) is 2.65. The quantitative estimate of drug-likeness (QED) is 0.604. The summed E-state index contributed by atoms with van der Waals surface area (Å²) < 4.78 is 7.75. The van der Waals surface area contributed by atoms with Gasteiger partial charge in [-0.25, -0.2) is 0 Å². The number of benzene rings is 2. The van der Waals surface area contributed by atoms with E-state index >= 15 is 0 Å². The number of nitrogens with two attached hydrogens (primary N) is 1. The van der Waals surface area contributed by atoms with Crippen molar-refractivity contribution in [2.75, 3.05) is 25.4 Å². The van der Waals surface area contributed by atoms with Crippen LogP contribution in [0.15, 0.2) is 53.1 Å². The van der Waals surface area contributed by atoms with Crippen LogP contribution in [-0.2, 0) is 6.54 Å². The summed E-state index contributed by atoms with van der Waals surface area (Å²) in [6.07, 6.45) is 4.88. The first kappa shape index (κ1) is 15.5. The molecule has 26 heavy (non-hydrogen) atoms. The van der Waals surface area contributed by atoms with Gasteiger partial charge in [0.25, 0.3) is 6.01 Å². The van der Waals surface area contributed by atoms with Gasteiger partial charge in [0.05, 0.1) is 0 Å². The molecule has 1 aliphatic heterocycles. The maximum Gasteiger partial charge on any atom is 0.292 e. The minimum Gasteiger partial charge on any atom is -0.424 e. The molecule has 0 amide bonds. The predicted molar refractivity (Wildman–Crippen MR) is 105 cm³/mol. The van der Waals surface area contributed by atoms with Gasteiger partial charge < -0.3 is 19.6 Å². The van der Waals surface area contributed by atoms with Crippen LogP contribution in [-0.4, -0.2) is 34.1 Å². The summed E-state index contributed by atoms with van der Waals surface area (Å²) >= 11 is 0. The van der Waals surface area contributed by atoms with Gasteiger partial charge in [-0.15, -0.1) is 0 Å². The van der Waals surface area contributed by atoms with Gasteiger partial charge in [0.1, 0.15) is 5.52 Å². The molecule has 0 bridgehead atoms. The Labute approximate surface area is 152 Å². The first-order valence-corrected chi connectivity index (χ1v) is 9.24. The van der Waals surface area contributed by atoms with Crippen LogP contribution in [0.1, 0.15) is 12.8 Å². The lowest BCUT2D eigenvalue weighted by molar-refractivity contribution is 0.324. The normalized spacial score (nSPS) is 15.4.